The second-order valence-electron chi connectivity index (χ2n) is 5.42. The van der Waals surface area contributed by atoms with Crippen LogP contribution < -0.4 is 20.1 Å². The lowest BCUT2D eigenvalue weighted by Gasteiger charge is -2.15. The predicted octanol–water partition coefficient (Wildman–Crippen LogP) is 4.47. The zero-order valence-electron chi connectivity index (χ0n) is 13.8. The van der Waals surface area contributed by atoms with Gasteiger partial charge < -0.3 is 20.1 Å². The Morgan fingerprint density at radius 1 is 0.957 bits per heavy atom. The highest BCUT2D eigenvalue weighted by Gasteiger charge is 2.10. The Kier molecular flexibility index (Phi) is 5.46. The second kappa shape index (κ2) is 7.54. The zero-order chi connectivity index (χ0) is 16.8. The van der Waals surface area contributed by atoms with Gasteiger partial charge in [-0.2, -0.15) is 0 Å². The van der Waals surface area contributed by atoms with E-state index in [1.807, 2.05) is 24.3 Å². The lowest BCUT2D eigenvalue weighted by molar-refractivity contribution is 0.262. The van der Waals surface area contributed by atoms with E-state index < -0.39 is 0 Å². The van der Waals surface area contributed by atoms with Gasteiger partial charge in [0.2, 0.25) is 0 Å². The van der Waals surface area contributed by atoms with Crippen LogP contribution in [0.5, 0.6) is 11.5 Å². The molecule has 0 radical (unpaired) electrons. The quantitative estimate of drug-likeness (QED) is 0.856. The molecule has 2 amide bonds. The van der Waals surface area contributed by atoms with Crippen LogP contribution >= 0.6 is 0 Å². The Hall–Kier alpha value is -2.69. The van der Waals surface area contributed by atoms with Gasteiger partial charge in [-0.15, -0.1) is 0 Å². The minimum Gasteiger partial charge on any atom is -0.497 e. The zero-order valence-corrected chi connectivity index (χ0v) is 13.8. The van der Waals surface area contributed by atoms with Gasteiger partial charge in [0.15, 0.2) is 0 Å². The first kappa shape index (κ1) is 16.7. The number of carbonyl (C=O) groups excluding carboxylic acids is 1. The van der Waals surface area contributed by atoms with E-state index in [0.717, 1.165) is 11.3 Å². The van der Waals surface area contributed by atoms with E-state index in [0.29, 0.717) is 23.1 Å². The molecule has 23 heavy (non-hydrogen) atoms. The van der Waals surface area contributed by atoms with E-state index >= 15 is 0 Å². The predicted molar refractivity (Wildman–Crippen MR) is 92.7 cm³/mol. The number of amides is 2. The summed E-state index contributed by atoms with van der Waals surface area (Å²) in [6.07, 6.45) is 0. The lowest BCUT2D eigenvalue weighted by atomic mass is 10.0. The van der Waals surface area contributed by atoms with Gasteiger partial charge in [0, 0.05) is 29.6 Å². The molecule has 0 saturated carbocycles. The Labute approximate surface area is 136 Å². The summed E-state index contributed by atoms with van der Waals surface area (Å²) in [5.74, 6) is 1.55. The van der Waals surface area contributed by atoms with Gasteiger partial charge >= 0.3 is 6.03 Å². The molecule has 0 heterocycles. The standard InChI is InChI=1S/C18H22N2O3/c1-12(2)16-7-5-6-8-17(16)20-18(21)19-13-9-14(22-3)11-15(10-13)23-4/h5-12H,1-4H3,(H2,19,20,21). The van der Waals surface area contributed by atoms with E-state index in [1.165, 1.54) is 0 Å². The molecule has 0 aliphatic rings. The van der Waals surface area contributed by atoms with E-state index in [9.17, 15) is 4.79 Å². The molecule has 5 nitrogen and oxygen atoms in total. The number of ether oxygens (including phenoxy) is 2. The monoisotopic (exact) mass is 314 g/mol. The molecule has 5 heteroatoms. The Balaban J connectivity index is 2.14. The van der Waals surface area contributed by atoms with Crippen LogP contribution in [-0.2, 0) is 0 Å². The summed E-state index contributed by atoms with van der Waals surface area (Å²) in [5.41, 5.74) is 2.49. The van der Waals surface area contributed by atoms with E-state index in [1.54, 1.807) is 32.4 Å². The number of anilines is 2. The second-order valence-corrected chi connectivity index (χ2v) is 5.42. The number of methoxy groups -OCH3 is 2. The number of hydrogen-bond donors (Lipinski definition) is 2. The largest absolute Gasteiger partial charge is 0.497 e. The molecule has 122 valence electrons. The van der Waals surface area contributed by atoms with Crippen molar-refractivity contribution in [3.05, 3.63) is 48.0 Å². The average Bonchev–Trinajstić information content (AvgIpc) is 2.54. The average molecular weight is 314 g/mol. The van der Waals surface area contributed by atoms with Crippen LogP contribution in [0.1, 0.15) is 25.3 Å². The molecule has 0 aliphatic carbocycles. The van der Waals surface area contributed by atoms with Gasteiger partial charge in [0.25, 0.3) is 0 Å². The first-order chi connectivity index (χ1) is 11.0. The van der Waals surface area contributed by atoms with Crippen LogP contribution in [0.15, 0.2) is 42.5 Å². The van der Waals surface area contributed by atoms with Crippen LogP contribution in [0.4, 0.5) is 16.2 Å². The molecule has 0 aromatic heterocycles. The minimum absolute atomic E-state index is 0.312. The fourth-order valence-electron chi connectivity index (χ4n) is 2.28. The maximum atomic E-state index is 12.3. The fraction of sp³-hybridized carbons (Fsp3) is 0.278. The summed E-state index contributed by atoms with van der Waals surface area (Å²) >= 11 is 0. The molecular formula is C18H22N2O3. The Morgan fingerprint density at radius 3 is 2.13 bits per heavy atom. The van der Waals surface area contributed by atoms with Gasteiger partial charge in [-0.05, 0) is 17.5 Å². The van der Waals surface area contributed by atoms with E-state index in [-0.39, 0.29) is 6.03 Å². The summed E-state index contributed by atoms with van der Waals surface area (Å²) in [6.45, 7) is 4.18. The number of rotatable bonds is 5. The summed E-state index contributed by atoms with van der Waals surface area (Å²) in [5, 5.41) is 5.68. The van der Waals surface area contributed by atoms with Crippen LogP contribution in [0.2, 0.25) is 0 Å². The topological polar surface area (TPSA) is 59.6 Å². The number of urea groups is 1. The van der Waals surface area contributed by atoms with Crippen LogP contribution in [0.25, 0.3) is 0 Å². The number of benzene rings is 2. The third-order valence-corrected chi connectivity index (χ3v) is 3.44. The fourth-order valence-corrected chi connectivity index (χ4v) is 2.28. The summed E-state index contributed by atoms with van der Waals surface area (Å²) in [7, 11) is 3.13. The third kappa shape index (κ3) is 4.39. The number of carbonyl (C=O) groups is 1. The van der Waals surface area contributed by atoms with Gasteiger partial charge in [-0.1, -0.05) is 32.0 Å². The first-order valence-corrected chi connectivity index (χ1v) is 7.43. The highest BCUT2D eigenvalue weighted by molar-refractivity contribution is 6.00. The molecule has 0 spiro atoms. The van der Waals surface area contributed by atoms with Crippen molar-refractivity contribution in [2.45, 2.75) is 19.8 Å². The van der Waals surface area contributed by atoms with Crippen LogP contribution in [0, 0.1) is 0 Å². The van der Waals surface area contributed by atoms with Crippen molar-refractivity contribution in [3.63, 3.8) is 0 Å². The highest BCUT2D eigenvalue weighted by atomic mass is 16.5. The summed E-state index contributed by atoms with van der Waals surface area (Å²) < 4.78 is 10.4. The van der Waals surface area contributed by atoms with Crippen LogP contribution in [0.3, 0.4) is 0 Å². The molecule has 2 aromatic carbocycles. The van der Waals surface area contributed by atoms with Gasteiger partial charge in [0.05, 0.1) is 14.2 Å². The van der Waals surface area contributed by atoms with Gasteiger partial charge in [0.1, 0.15) is 11.5 Å². The maximum absolute atomic E-state index is 12.3. The molecule has 0 bridgehead atoms. The van der Waals surface area contributed by atoms with Crippen molar-refractivity contribution in [1.82, 2.24) is 0 Å². The van der Waals surface area contributed by atoms with E-state index in [4.69, 9.17) is 9.47 Å². The van der Waals surface area contributed by atoms with Crippen molar-refractivity contribution in [2.24, 2.45) is 0 Å². The molecular weight excluding hydrogens is 292 g/mol. The maximum Gasteiger partial charge on any atom is 0.323 e. The highest BCUT2D eigenvalue weighted by Crippen LogP contribution is 2.27. The normalized spacial score (nSPS) is 10.3. The van der Waals surface area contributed by atoms with Gasteiger partial charge in [-0.25, -0.2) is 4.79 Å². The van der Waals surface area contributed by atoms with E-state index in [2.05, 4.69) is 24.5 Å². The molecule has 0 saturated heterocycles. The number of hydrogen-bond acceptors (Lipinski definition) is 3. The molecule has 2 N–H and O–H groups in total. The van der Waals surface area contributed by atoms with Crippen molar-refractivity contribution in [2.75, 3.05) is 24.9 Å². The molecule has 0 unspecified atom stereocenters. The van der Waals surface area contributed by atoms with Crippen LogP contribution in [-0.4, -0.2) is 20.3 Å². The summed E-state index contributed by atoms with van der Waals surface area (Å²) in [6, 6.07) is 12.7. The smallest absolute Gasteiger partial charge is 0.323 e. The molecule has 0 atom stereocenters. The SMILES string of the molecule is COc1cc(NC(=O)Nc2ccccc2C(C)C)cc(OC)c1. The van der Waals surface area contributed by atoms with Crippen molar-refractivity contribution in [1.29, 1.82) is 0 Å². The van der Waals surface area contributed by atoms with Crippen molar-refractivity contribution >= 4 is 17.4 Å². The molecule has 0 aliphatic heterocycles. The molecule has 2 rings (SSSR count). The minimum atomic E-state index is -0.312. The van der Waals surface area contributed by atoms with Crippen molar-refractivity contribution in [3.8, 4) is 11.5 Å². The van der Waals surface area contributed by atoms with Gasteiger partial charge in [-0.3, -0.25) is 0 Å². The van der Waals surface area contributed by atoms with Crippen molar-refractivity contribution < 1.29 is 14.3 Å². The Bertz CT molecular complexity index is 661. The lowest BCUT2D eigenvalue weighted by Crippen LogP contribution is -2.20. The number of para-hydroxylation sites is 1. The third-order valence-electron chi connectivity index (χ3n) is 3.44. The first-order valence-electron chi connectivity index (χ1n) is 7.43. The summed E-state index contributed by atoms with van der Waals surface area (Å²) in [4.78, 5) is 12.3. The Morgan fingerprint density at radius 2 is 1.57 bits per heavy atom. The molecule has 0 fully saturated rings. The number of nitrogens with one attached hydrogen (secondary N) is 2. The molecule has 2 aromatic rings.